The Morgan fingerprint density at radius 3 is 2.47 bits per heavy atom. The molecule has 0 unspecified atom stereocenters. The molecule has 100 valence electrons. The van der Waals surface area contributed by atoms with E-state index in [1.54, 1.807) is 25.6 Å². The van der Waals surface area contributed by atoms with Gasteiger partial charge in [0.15, 0.2) is 5.82 Å². The van der Waals surface area contributed by atoms with Crippen LogP contribution in [-0.4, -0.2) is 17.1 Å². The number of hydrogen-bond donors (Lipinski definition) is 0. The molecule has 3 nitrogen and oxygen atoms in total. The van der Waals surface area contributed by atoms with E-state index >= 15 is 0 Å². The highest BCUT2D eigenvalue weighted by Crippen LogP contribution is 2.33. The highest BCUT2D eigenvalue weighted by Gasteiger charge is 2.16. The third-order valence-corrected chi connectivity index (χ3v) is 2.77. The van der Waals surface area contributed by atoms with Crippen LogP contribution in [0.3, 0.4) is 0 Å². The predicted octanol–water partition coefficient (Wildman–Crippen LogP) is 3.49. The molecule has 2 rings (SSSR count). The van der Waals surface area contributed by atoms with E-state index in [1.165, 1.54) is 12.1 Å². The third-order valence-electron chi connectivity index (χ3n) is 2.77. The van der Waals surface area contributed by atoms with Crippen molar-refractivity contribution in [3.63, 3.8) is 0 Å². The van der Waals surface area contributed by atoms with Gasteiger partial charge >= 0.3 is 0 Å². The Morgan fingerprint density at radius 1 is 1.21 bits per heavy atom. The molecule has 0 amide bonds. The largest absolute Gasteiger partial charge is 0.496 e. The van der Waals surface area contributed by atoms with Gasteiger partial charge < -0.3 is 4.74 Å². The van der Waals surface area contributed by atoms with Gasteiger partial charge in [0.25, 0.3) is 0 Å². The minimum atomic E-state index is -0.293. The lowest BCUT2D eigenvalue weighted by atomic mass is 9.99. The molecule has 0 aliphatic rings. The van der Waals surface area contributed by atoms with Crippen LogP contribution in [0.2, 0.25) is 0 Å². The summed E-state index contributed by atoms with van der Waals surface area (Å²) in [5.74, 6) is 1.25. The van der Waals surface area contributed by atoms with Gasteiger partial charge in [0.1, 0.15) is 11.6 Å². The average molecular weight is 260 g/mol. The first-order valence-electron chi connectivity index (χ1n) is 6.25. The van der Waals surface area contributed by atoms with Crippen LogP contribution in [0.25, 0.3) is 11.4 Å². The zero-order chi connectivity index (χ0) is 13.8. The smallest absolute Gasteiger partial charge is 0.162 e. The molecule has 0 aliphatic carbocycles. The van der Waals surface area contributed by atoms with E-state index in [0.717, 1.165) is 12.0 Å². The fraction of sp³-hybridized carbons (Fsp3) is 0.333. The second-order valence-electron chi connectivity index (χ2n) is 4.82. The molecule has 1 aromatic carbocycles. The van der Waals surface area contributed by atoms with Crippen LogP contribution in [0.5, 0.6) is 5.75 Å². The molecular formula is C15H17FN2O. The minimum Gasteiger partial charge on any atom is -0.496 e. The van der Waals surface area contributed by atoms with E-state index in [9.17, 15) is 4.39 Å². The van der Waals surface area contributed by atoms with Gasteiger partial charge in [-0.1, -0.05) is 13.8 Å². The standard InChI is InChI=1S/C15H17FN2O/c1-10(2)7-11-8-12(16)9-13(14(11)19-3)15-17-5-4-6-18-15/h4-6,8-10H,7H2,1-3H3. The predicted molar refractivity (Wildman–Crippen MR) is 72.5 cm³/mol. The first-order chi connectivity index (χ1) is 9.11. The maximum atomic E-state index is 13.8. The topological polar surface area (TPSA) is 35.0 Å². The van der Waals surface area contributed by atoms with Crippen LogP contribution in [-0.2, 0) is 6.42 Å². The zero-order valence-electron chi connectivity index (χ0n) is 11.4. The lowest BCUT2D eigenvalue weighted by Crippen LogP contribution is -2.02. The zero-order valence-corrected chi connectivity index (χ0v) is 11.4. The van der Waals surface area contributed by atoms with Gasteiger partial charge in [0.05, 0.1) is 12.7 Å². The number of rotatable bonds is 4. The molecule has 0 radical (unpaired) electrons. The van der Waals surface area contributed by atoms with Gasteiger partial charge in [0.2, 0.25) is 0 Å². The fourth-order valence-electron chi connectivity index (χ4n) is 2.09. The van der Waals surface area contributed by atoms with Crippen molar-refractivity contribution in [2.45, 2.75) is 20.3 Å². The maximum absolute atomic E-state index is 13.8. The molecule has 1 heterocycles. The van der Waals surface area contributed by atoms with Crippen LogP contribution in [0.1, 0.15) is 19.4 Å². The first-order valence-corrected chi connectivity index (χ1v) is 6.25. The Labute approximate surface area is 112 Å². The molecule has 4 heteroatoms. The number of halogens is 1. The van der Waals surface area contributed by atoms with Crippen LogP contribution in [0.4, 0.5) is 4.39 Å². The van der Waals surface area contributed by atoms with Crippen molar-refractivity contribution in [1.29, 1.82) is 0 Å². The molecular weight excluding hydrogens is 243 g/mol. The number of ether oxygens (including phenoxy) is 1. The van der Waals surface area contributed by atoms with Gasteiger partial charge in [-0.25, -0.2) is 14.4 Å². The van der Waals surface area contributed by atoms with Gasteiger partial charge in [-0.2, -0.15) is 0 Å². The molecule has 0 atom stereocenters. The Balaban J connectivity index is 2.57. The first kappa shape index (κ1) is 13.5. The second kappa shape index (κ2) is 5.78. The van der Waals surface area contributed by atoms with Gasteiger partial charge in [-0.15, -0.1) is 0 Å². The fourth-order valence-corrected chi connectivity index (χ4v) is 2.09. The summed E-state index contributed by atoms with van der Waals surface area (Å²) < 4.78 is 19.2. The van der Waals surface area contributed by atoms with Crippen molar-refractivity contribution in [1.82, 2.24) is 9.97 Å². The summed E-state index contributed by atoms with van der Waals surface area (Å²) in [7, 11) is 1.59. The highest BCUT2D eigenvalue weighted by atomic mass is 19.1. The molecule has 0 spiro atoms. The van der Waals surface area contributed by atoms with E-state index < -0.39 is 0 Å². The van der Waals surface area contributed by atoms with Gasteiger partial charge in [-0.3, -0.25) is 0 Å². The molecule has 2 aromatic rings. The molecule has 0 bridgehead atoms. The highest BCUT2D eigenvalue weighted by molar-refractivity contribution is 5.66. The molecule has 19 heavy (non-hydrogen) atoms. The average Bonchev–Trinajstić information content (AvgIpc) is 2.38. The van der Waals surface area contributed by atoms with Crippen molar-refractivity contribution >= 4 is 0 Å². The van der Waals surface area contributed by atoms with E-state index in [2.05, 4.69) is 23.8 Å². The molecule has 0 N–H and O–H groups in total. The SMILES string of the molecule is COc1c(CC(C)C)cc(F)cc1-c1ncccn1. The summed E-state index contributed by atoms with van der Waals surface area (Å²) in [5, 5.41) is 0. The van der Waals surface area contributed by atoms with Crippen molar-refractivity contribution in [2.24, 2.45) is 5.92 Å². The molecule has 0 saturated heterocycles. The summed E-state index contributed by atoms with van der Waals surface area (Å²) in [6.07, 6.45) is 4.02. The Hall–Kier alpha value is -1.97. The van der Waals surface area contributed by atoms with E-state index in [4.69, 9.17) is 4.74 Å². The minimum absolute atomic E-state index is 0.293. The van der Waals surface area contributed by atoms with E-state index in [1.807, 2.05) is 0 Å². The molecule has 0 aliphatic heterocycles. The van der Waals surface area contributed by atoms with Crippen LogP contribution >= 0.6 is 0 Å². The summed E-state index contributed by atoms with van der Waals surface area (Å²) in [4.78, 5) is 8.32. The maximum Gasteiger partial charge on any atom is 0.162 e. The van der Waals surface area contributed by atoms with Gasteiger partial charge in [-0.05, 0) is 36.1 Å². The number of aromatic nitrogens is 2. The summed E-state index contributed by atoms with van der Waals surface area (Å²) in [6.45, 7) is 4.17. The quantitative estimate of drug-likeness (QED) is 0.844. The Bertz CT molecular complexity index is 556. The number of nitrogens with zero attached hydrogens (tertiary/aromatic N) is 2. The number of benzene rings is 1. The van der Waals surface area contributed by atoms with E-state index in [0.29, 0.717) is 23.1 Å². The monoisotopic (exact) mass is 260 g/mol. The van der Waals surface area contributed by atoms with Crippen molar-refractivity contribution in [3.05, 3.63) is 42.0 Å². The third kappa shape index (κ3) is 3.08. The van der Waals surface area contributed by atoms with Crippen molar-refractivity contribution in [3.8, 4) is 17.1 Å². The van der Waals surface area contributed by atoms with Crippen molar-refractivity contribution < 1.29 is 9.13 Å². The van der Waals surface area contributed by atoms with Crippen molar-refractivity contribution in [2.75, 3.05) is 7.11 Å². The Morgan fingerprint density at radius 2 is 1.89 bits per heavy atom. The summed E-state index contributed by atoms with van der Waals surface area (Å²) in [5.41, 5.74) is 1.44. The lowest BCUT2D eigenvalue weighted by Gasteiger charge is -2.14. The van der Waals surface area contributed by atoms with Gasteiger partial charge in [0, 0.05) is 12.4 Å². The van der Waals surface area contributed by atoms with Crippen LogP contribution < -0.4 is 4.74 Å². The number of methoxy groups -OCH3 is 1. The second-order valence-corrected chi connectivity index (χ2v) is 4.82. The normalized spacial score (nSPS) is 10.8. The molecule has 0 saturated carbocycles. The van der Waals surface area contributed by atoms with E-state index in [-0.39, 0.29) is 5.82 Å². The summed E-state index contributed by atoms with van der Waals surface area (Å²) >= 11 is 0. The van der Waals surface area contributed by atoms with Crippen LogP contribution in [0, 0.1) is 11.7 Å². The lowest BCUT2D eigenvalue weighted by molar-refractivity contribution is 0.406. The summed E-state index contributed by atoms with van der Waals surface area (Å²) in [6, 6.07) is 4.66. The molecule has 0 fully saturated rings. The Kier molecular flexibility index (Phi) is 4.10. The number of hydrogen-bond acceptors (Lipinski definition) is 3. The molecule has 1 aromatic heterocycles. The van der Waals surface area contributed by atoms with Crippen LogP contribution in [0.15, 0.2) is 30.6 Å².